The second-order valence-electron chi connectivity index (χ2n) is 3.53. The van der Waals surface area contributed by atoms with Gasteiger partial charge in [0, 0.05) is 10.6 Å². The van der Waals surface area contributed by atoms with Crippen molar-refractivity contribution >= 4 is 56.4 Å². The minimum absolute atomic E-state index is 0.0216. The fraction of sp³-hybridized carbons (Fsp3) is 0.0909. The highest BCUT2D eigenvalue weighted by atomic mass is 35.5. The van der Waals surface area contributed by atoms with Crippen LogP contribution in [0.25, 0.3) is 0 Å². The summed E-state index contributed by atoms with van der Waals surface area (Å²) in [6.07, 6.45) is -4.62. The van der Waals surface area contributed by atoms with Crippen molar-refractivity contribution in [3.8, 4) is 0 Å². The smallest absolute Gasteiger partial charge is 0.212 e. The van der Waals surface area contributed by atoms with Crippen LogP contribution in [-0.4, -0.2) is 10.2 Å². The lowest BCUT2D eigenvalue weighted by Crippen LogP contribution is -2.05. The van der Waals surface area contributed by atoms with E-state index in [0.29, 0.717) is 21.9 Å². The van der Waals surface area contributed by atoms with Crippen LogP contribution in [0.2, 0.25) is 9.36 Å². The van der Waals surface area contributed by atoms with Gasteiger partial charge < -0.3 is 0 Å². The highest BCUT2D eigenvalue weighted by molar-refractivity contribution is 7.19. The third-order valence-electron chi connectivity index (χ3n) is 2.10. The van der Waals surface area contributed by atoms with Gasteiger partial charge in [0.15, 0.2) is 5.69 Å². The predicted octanol–water partition coefficient (Wildman–Crippen LogP) is 5.79. The largest absolute Gasteiger partial charge is 0.435 e. The fourth-order valence-electron chi connectivity index (χ4n) is 1.28. The minimum Gasteiger partial charge on any atom is -0.212 e. The molecule has 0 amide bonds. The topological polar surface area (TPSA) is 25.2 Å². The second-order valence-corrected chi connectivity index (χ2v) is 5.90. The van der Waals surface area contributed by atoms with E-state index in [9.17, 15) is 13.2 Å². The molecule has 0 saturated heterocycles. The summed E-state index contributed by atoms with van der Waals surface area (Å²) < 4.78 is 37.1. The van der Waals surface area contributed by atoms with Crippen LogP contribution in [0.1, 0.15) is 11.3 Å². The molecule has 0 unspecified atom stereocenters. The standard InChI is InChI=1S/C11H4Cl3F3N2S/c12-6-3-1-2-5(4-6)8(13)19-10-18-7(9(14)20-10)11(15,16)17/h1-4H/b19-8-. The molecule has 2 aromatic rings. The average molecular weight is 360 g/mol. The lowest BCUT2D eigenvalue weighted by atomic mass is 10.2. The van der Waals surface area contributed by atoms with Gasteiger partial charge in [-0.15, -0.1) is 0 Å². The molecule has 20 heavy (non-hydrogen) atoms. The molecule has 0 radical (unpaired) electrons. The molecule has 0 atom stereocenters. The molecular formula is C11H4Cl3F3N2S. The van der Waals surface area contributed by atoms with Gasteiger partial charge in [-0.1, -0.05) is 58.3 Å². The van der Waals surface area contributed by atoms with Gasteiger partial charge in [0.05, 0.1) is 0 Å². The number of rotatable bonds is 2. The van der Waals surface area contributed by atoms with E-state index in [2.05, 4.69) is 9.98 Å². The van der Waals surface area contributed by atoms with Crippen molar-refractivity contribution in [2.24, 2.45) is 4.99 Å². The van der Waals surface area contributed by atoms with E-state index < -0.39 is 16.2 Å². The first-order valence-corrected chi connectivity index (χ1v) is 6.96. The van der Waals surface area contributed by atoms with Gasteiger partial charge in [-0.3, -0.25) is 0 Å². The zero-order chi connectivity index (χ0) is 14.9. The Kier molecular flexibility index (Phi) is 4.59. The van der Waals surface area contributed by atoms with Crippen LogP contribution in [0.15, 0.2) is 29.3 Å². The first kappa shape index (κ1) is 15.6. The monoisotopic (exact) mass is 358 g/mol. The Morgan fingerprint density at radius 2 is 1.95 bits per heavy atom. The Labute approximate surface area is 130 Å². The zero-order valence-electron chi connectivity index (χ0n) is 9.38. The maximum Gasteiger partial charge on any atom is 0.435 e. The number of nitrogens with zero attached hydrogens (tertiary/aromatic N) is 2. The van der Waals surface area contributed by atoms with Crippen molar-refractivity contribution in [1.29, 1.82) is 0 Å². The van der Waals surface area contributed by atoms with Crippen molar-refractivity contribution < 1.29 is 13.2 Å². The van der Waals surface area contributed by atoms with Crippen LogP contribution in [0.4, 0.5) is 18.3 Å². The summed E-state index contributed by atoms with van der Waals surface area (Å²) in [6, 6.07) is 6.44. The van der Waals surface area contributed by atoms with E-state index in [1.807, 2.05) is 0 Å². The van der Waals surface area contributed by atoms with Crippen LogP contribution < -0.4 is 0 Å². The van der Waals surface area contributed by atoms with Gasteiger partial charge in [-0.2, -0.15) is 13.2 Å². The zero-order valence-corrected chi connectivity index (χ0v) is 12.5. The maximum atomic E-state index is 12.5. The van der Waals surface area contributed by atoms with Crippen molar-refractivity contribution in [2.45, 2.75) is 6.18 Å². The van der Waals surface area contributed by atoms with Gasteiger partial charge in [0.2, 0.25) is 5.13 Å². The number of halogens is 6. The lowest BCUT2D eigenvalue weighted by molar-refractivity contribution is -0.140. The quantitative estimate of drug-likeness (QED) is 0.623. The van der Waals surface area contributed by atoms with Crippen molar-refractivity contribution in [3.63, 3.8) is 0 Å². The van der Waals surface area contributed by atoms with Gasteiger partial charge in [-0.05, 0) is 12.1 Å². The molecule has 0 aliphatic carbocycles. The molecule has 1 heterocycles. The number of hydrogen-bond donors (Lipinski definition) is 0. The number of benzene rings is 1. The third kappa shape index (κ3) is 3.63. The molecule has 0 aliphatic rings. The average Bonchev–Trinajstić information content (AvgIpc) is 2.70. The molecule has 106 valence electrons. The summed E-state index contributed by atoms with van der Waals surface area (Å²) in [4.78, 5) is 7.14. The molecule has 1 aromatic heterocycles. The summed E-state index contributed by atoms with van der Waals surface area (Å²) in [5, 5.41) is 0.239. The summed E-state index contributed by atoms with van der Waals surface area (Å²) in [7, 11) is 0. The SMILES string of the molecule is FC(F)(F)c1nc(/N=C(\Cl)c2cccc(Cl)c2)sc1Cl. The lowest BCUT2D eigenvalue weighted by Gasteiger charge is -2.00. The van der Waals surface area contributed by atoms with E-state index in [-0.39, 0.29) is 10.3 Å². The van der Waals surface area contributed by atoms with Gasteiger partial charge in [-0.25, -0.2) is 9.98 Å². The van der Waals surface area contributed by atoms with Gasteiger partial charge >= 0.3 is 6.18 Å². The van der Waals surface area contributed by atoms with E-state index >= 15 is 0 Å². The van der Waals surface area contributed by atoms with E-state index in [1.54, 1.807) is 18.2 Å². The number of alkyl halides is 3. The molecule has 9 heteroatoms. The van der Waals surface area contributed by atoms with E-state index in [4.69, 9.17) is 34.8 Å². The molecule has 0 aliphatic heterocycles. The van der Waals surface area contributed by atoms with E-state index in [0.717, 1.165) is 0 Å². The van der Waals surface area contributed by atoms with Crippen molar-refractivity contribution in [3.05, 3.63) is 44.9 Å². The predicted molar refractivity (Wildman–Crippen MR) is 75.6 cm³/mol. The van der Waals surface area contributed by atoms with Crippen LogP contribution in [-0.2, 0) is 6.18 Å². The van der Waals surface area contributed by atoms with Gasteiger partial charge in [0.1, 0.15) is 9.51 Å². The maximum absolute atomic E-state index is 12.5. The Morgan fingerprint density at radius 3 is 2.50 bits per heavy atom. The second kappa shape index (κ2) is 5.89. The number of aromatic nitrogens is 1. The first-order valence-electron chi connectivity index (χ1n) is 5.01. The van der Waals surface area contributed by atoms with Gasteiger partial charge in [0.25, 0.3) is 0 Å². The highest BCUT2D eigenvalue weighted by Gasteiger charge is 2.37. The molecule has 2 nitrogen and oxygen atoms in total. The molecule has 2 rings (SSSR count). The minimum atomic E-state index is -4.62. The summed E-state index contributed by atoms with van der Waals surface area (Å²) in [6.45, 7) is 0. The molecule has 0 saturated carbocycles. The van der Waals surface area contributed by atoms with E-state index in [1.165, 1.54) is 6.07 Å². The normalized spacial score (nSPS) is 12.8. The Bertz CT molecular complexity index is 667. The fourth-order valence-corrected chi connectivity index (χ4v) is 2.77. The van der Waals surface area contributed by atoms with Crippen LogP contribution in [0.5, 0.6) is 0 Å². The van der Waals surface area contributed by atoms with Crippen LogP contribution in [0.3, 0.4) is 0 Å². The van der Waals surface area contributed by atoms with Crippen LogP contribution in [0, 0.1) is 0 Å². The molecule has 0 N–H and O–H groups in total. The summed E-state index contributed by atoms with van der Waals surface area (Å²) in [5.74, 6) is 0. The summed E-state index contributed by atoms with van der Waals surface area (Å²) in [5.41, 5.74) is -0.697. The molecule has 0 bridgehead atoms. The number of thiazole rings is 1. The van der Waals surface area contributed by atoms with Crippen molar-refractivity contribution in [2.75, 3.05) is 0 Å². The van der Waals surface area contributed by atoms with Crippen molar-refractivity contribution in [1.82, 2.24) is 4.98 Å². The third-order valence-corrected chi connectivity index (χ3v) is 3.79. The number of aliphatic imine (C=N–C) groups is 1. The van der Waals surface area contributed by atoms with Crippen LogP contribution >= 0.6 is 46.1 Å². The summed E-state index contributed by atoms with van der Waals surface area (Å²) >= 11 is 17.8. The Morgan fingerprint density at radius 1 is 1.25 bits per heavy atom. The molecule has 0 spiro atoms. The highest BCUT2D eigenvalue weighted by Crippen LogP contribution is 2.40. The Balaban J connectivity index is 2.36. The molecule has 0 fully saturated rings. The first-order chi connectivity index (χ1) is 9.27. The molecule has 1 aromatic carbocycles. The number of hydrogen-bond acceptors (Lipinski definition) is 3. The molecular weight excluding hydrogens is 356 g/mol. The Hall–Kier alpha value is -0.820.